The molecule has 0 aromatic heterocycles. The van der Waals surface area contributed by atoms with Crippen LogP contribution in [0.3, 0.4) is 0 Å². The van der Waals surface area contributed by atoms with Crippen molar-refractivity contribution in [1.82, 2.24) is 5.32 Å². The highest BCUT2D eigenvalue weighted by Crippen LogP contribution is 2.30. The largest absolute Gasteiger partial charge is 0.394 e. The number of rotatable bonds is 57. The summed E-state index contributed by atoms with van der Waals surface area (Å²) in [6, 6.07) is -0.912. The zero-order valence-corrected chi connectivity index (χ0v) is 53.8. The van der Waals surface area contributed by atoms with Crippen LogP contribution in [0.1, 0.15) is 290 Å². The van der Waals surface area contributed by atoms with Gasteiger partial charge in [0.05, 0.1) is 32.0 Å². The molecule has 12 atom stereocenters. The van der Waals surface area contributed by atoms with E-state index in [4.69, 9.17) is 18.9 Å². The lowest BCUT2D eigenvalue weighted by Crippen LogP contribution is -2.65. The van der Waals surface area contributed by atoms with Crippen LogP contribution in [0.25, 0.3) is 0 Å². The Balaban J connectivity index is 1.54. The average Bonchev–Trinajstić information content (AvgIpc) is 3.60. The molecule has 2 fully saturated rings. The highest BCUT2D eigenvalue weighted by atomic mass is 16.7. The van der Waals surface area contributed by atoms with Crippen LogP contribution in [0.2, 0.25) is 0 Å². The third-order valence-electron chi connectivity index (χ3n) is 17.0. The standard InChI is InChI=1S/C71H129NO13/c1-3-5-7-9-11-13-15-17-18-19-20-21-22-23-24-25-26-27-28-29-30-31-32-33-34-35-36-37-38-39-40-41-42-43-45-47-49-51-53-55-63(76)72-59(60(75)54-52-50-48-46-44-16-14-12-10-8-6-4-2)58-82-70-68(81)66(79)69(62(57-74)84-70)85-71-67(80)65(78)64(77)61(56-73)83-71/h5,7,11,13,17-18,20-21,52,54,59-62,64-71,73-75,77-81H,3-4,6,8-10,12,14-16,19,22-51,53,55-58H2,1-2H3,(H,72,76)/b7-5-,13-11-,18-17-,21-20-,54-52+. The van der Waals surface area contributed by atoms with E-state index in [2.05, 4.69) is 67.8 Å². The molecule has 12 unspecified atom stereocenters. The predicted molar refractivity (Wildman–Crippen MR) is 346 cm³/mol. The number of unbranched alkanes of at least 4 members (excludes halogenated alkanes) is 36. The topological polar surface area (TPSA) is 228 Å². The summed E-state index contributed by atoms with van der Waals surface area (Å²) in [6.07, 6.45) is 57.4. The van der Waals surface area contributed by atoms with Crippen molar-refractivity contribution in [3.63, 3.8) is 0 Å². The van der Waals surface area contributed by atoms with Gasteiger partial charge in [-0.25, -0.2) is 0 Å². The Hall–Kier alpha value is -2.31. The number of aliphatic hydroxyl groups excluding tert-OH is 8. The summed E-state index contributed by atoms with van der Waals surface area (Å²) in [7, 11) is 0. The summed E-state index contributed by atoms with van der Waals surface area (Å²) in [6.45, 7) is 2.69. The summed E-state index contributed by atoms with van der Waals surface area (Å²) in [4.78, 5) is 13.3. The van der Waals surface area contributed by atoms with Crippen LogP contribution < -0.4 is 5.32 Å². The number of hydrogen-bond donors (Lipinski definition) is 9. The van der Waals surface area contributed by atoms with E-state index in [1.807, 2.05) is 6.08 Å². The van der Waals surface area contributed by atoms with Gasteiger partial charge in [-0.1, -0.05) is 286 Å². The second-order valence-electron chi connectivity index (χ2n) is 24.6. The quantitative estimate of drug-likeness (QED) is 0.0204. The van der Waals surface area contributed by atoms with Gasteiger partial charge in [0.1, 0.15) is 48.8 Å². The fourth-order valence-electron chi connectivity index (χ4n) is 11.4. The molecule has 85 heavy (non-hydrogen) atoms. The second-order valence-corrected chi connectivity index (χ2v) is 24.6. The van der Waals surface area contributed by atoms with Gasteiger partial charge in [0.25, 0.3) is 0 Å². The van der Waals surface area contributed by atoms with Crippen LogP contribution >= 0.6 is 0 Å². The number of hydrogen-bond acceptors (Lipinski definition) is 13. The molecule has 0 spiro atoms. The fourth-order valence-corrected chi connectivity index (χ4v) is 11.4. The molecule has 0 aromatic carbocycles. The van der Waals surface area contributed by atoms with Crippen molar-refractivity contribution >= 4 is 5.91 Å². The number of allylic oxidation sites excluding steroid dienone is 9. The fraction of sp³-hybridized carbons (Fsp3) is 0.845. The number of nitrogens with one attached hydrogen (secondary N) is 1. The molecule has 496 valence electrons. The normalized spacial score (nSPS) is 23.9. The van der Waals surface area contributed by atoms with E-state index in [9.17, 15) is 45.6 Å². The summed E-state index contributed by atoms with van der Waals surface area (Å²) in [5.74, 6) is -0.236. The summed E-state index contributed by atoms with van der Waals surface area (Å²) in [5, 5.41) is 87.1. The van der Waals surface area contributed by atoms with E-state index in [0.29, 0.717) is 6.42 Å². The average molecular weight is 1200 g/mol. The van der Waals surface area contributed by atoms with Gasteiger partial charge in [0.15, 0.2) is 12.6 Å². The van der Waals surface area contributed by atoms with E-state index in [0.717, 1.165) is 64.2 Å². The van der Waals surface area contributed by atoms with Crippen LogP contribution in [0, 0.1) is 0 Å². The van der Waals surface area contributed by atoms with Crippen LogP contribution in [0.15, 0.2) is 60.8 Å². The van der Waals surface area contributed by atoms with Crippen molar-refractivity contribution in [2.45, 2.75) is 364 Å². The smallest absolute Gasteiger partial charge is 0.220 e. The van der Waals surface area contributed by atoms with Crippen LogP contribution in [-0.2, 0) is 23.7 Å². The number of carbonyl (C=O) groups is 1. The second kappa shape index (κ2) is 55.7. The molecule has 2 heterocycles. The Morgan fingerprint density at radius 1 is 0.435 bits per heavy atom. The molecule has 2 rings (SSSR count). The van der Waals surface area contributed by atoms with Gasteiger partial charge in [0, 0.05) is 6.42 Å². The van der Waals surface area contributed by atoms with Gasteiger partial charge in [-0.3, -0.25) is 4.79 Å². The SMILES string of the molecule is CC/C=C\C/C=C\C/C=C\C/C=C\CCCCCCCCCCCCCCCCCCCCCCCCCCCCC(=O)NC(COC1OC(CO)C(OC2OC(CO)C(O)C(O)C2O)C(O)C1O)C(O)/C=C/CCCCCCCCCCCC. The Labute approximate surface area is 517 Å². The molecule has 0 aromatic rings. The molecule has 14 heteroatoms. The predicted octanol–water partition coefficient (Wildman–Crippen LogP) is 14.1. The molecule has 14 nitrogen and oxygen atoms in total. The summed E-state index contributed by atoms with van der Waals surface area (Å²) in [5.41, 5.74) is 0. The van der Waals surface area contributed by atoms with Crippen molar-refractivity contribution < 1.29 is 64.6 Å². The van der Waals surface area contributed by atoms with Crippen molar-refractivity contribution in [3.8, 4) is 0 Å². The van der Waals surface area contributed by atoms with Crippen LogP contribution in [0.5, 0.6) is 0 Å². The minimum atomic E-state index is -1.79. The highest BCUT2D eigenvalue weighted by Gasteiger charge is 2.51. The zero-order valence-electron chi connectivity index (χ0n) is 53.8. The van der Waals surface area contributed by atoms with E-state index < -0.39 is 86.8 Å². The van der Waals surface area contributed by atoms with Crippen LogP contribution in [0.4, 0.5) is 0 Å². The molecule has 0 radical (unpaired) electrons. The Morgan fingerprint density at radius 2 is 0.812 bits per heavy atom. The van der Waals surface area contributed by atoms with Crippen molar-refractivity contribution in [3.05, 3.63) is 60.8 Å². The first-order valence-electron chi connectivity index (χ1n) is 35.0. The number of aliphatic hydroxyl groups is 8. The minimum Gasteiger partial charge on any atom is -0.394 e. The Morgan fingerprint density at radius 3 is 1.25 bits per heavy atom. The number of amides is 1. The lowest BCUT2D eigenvalue weighted by molar-refractivity contribution is -0.359. The van der Waals surface area contributed by atoms with Crippen molar-refractivity contribution in [2.75, 3.05) is 19.8 Å². The lowest BCUT2D eigenvalue weighted by Gasteiger charge is -2.46. The summed E-state index contributed by atoms with van der Waals surface area (Å²) >= 11 is 0. The maximum atomic E-state index is 13.3. The molecule has 2 aliphatic rings. The number of ether oxygens (including phenoxy) is 4. The van der Waals surface area contributed by atoms with E-state index in [-0.39, 0.29) is 18.9 Å². The van der Waals surface area contributed by atoms with Gasteiger partial charge in [0.2, 0.25) is 5.91 Å². The number of carbonyl (C=O) groups excluding carboxylic acids is 1. The first-order valence-corrected chi connectivity index (χ1v) is 35.0. The maximum absolute atomic E-state index is 13.3. The summed E-state index contributed by atoms with van der Waals surface area (Å²) < 4.78 is 22.8. The Bertz CT molecular complexity index is 1660. The van der Waals surface area contributed by atoms with Gasteiger partial charge in [-0.2, -0.15) is 0 Å². The molecule has 0 bridgehead atoms. The molecule has 2 aliphatic heterocycles. The molecule has 9 N–H and O–H groups in total. The lowest BCUT2D eigenvalue weighted by atomic mass is 9.97. The van der Waals surface area contributed by atoms with E-state index in [1.165, 1.54) is 199 Å². The van der Waals surface area contributed by atoms with E-state index in [1.54, 1.807) is 6.08 Å². The molecule has 0 saturated carbocycles. The van der Waals surface area contributed by atoms with Gasteiger partial charge < -0.3 is 65.1 Å². The maximum Gasteiger partial charge on any atom is 0.220 e. The first-order chi connectivity index (χ1) is 41.6. The molecule has 2 saturated heterocycles. The van der Waals surface area contributed by atoms with Gasteiger partial charge in [-0.05, 0) is 57.8 Å². The van der Waals surface area contributed by atoms with Crippen LogP contribution in [-0.4, -0.2) is 140 Å². The molecule has 1 amide bonds. The molecular formula is C71H129NO13. The molecular weight excluding hydrogens is 1070 g/mol. The third kappa shape index (κ3) is 40.1. The van der Waals surface area contributed by atoms with Crippen molar-refractivity contribution in [1.29, 1.82) is 0 Å². The molecule has 0 aliphatic carbocycles. The van der Waals surface area contributed by atoms with Crippen molar-refractivity contribution in [2.24, 2.45) is 0 Å². The van der Waals surface area contributed by atoms with Gasteiger partial charge >= 0.3 is 0 Å². The van der Waals surface area contributed by atoms with Gasteiger partial charge in [-0.15, -0.1) is 0 Å². The third-order valence-corrected chi connectivity index (χ3v) is 17.0. The minimum absolute atomic E-state index is 0.236. The first kappa shape index (κ1) is 78.8. The highest BCUT2D eigenvalue weighted by molar-refractivity contribution is 5.76. The Kier molecular flexibility index (Phi) is 51.7. The zero-order chi connectivity index (χ0) is 61.6. The van der Waals surface area contributed by atoms with E-state index >= 15 is 0 Å². The monoisotopic (exact) mass is 1200 g/mol.